The van der Waals surface area contributed by atoms with E-state index in [0.29, 0.717) is 0 Å². The van der Waals surface area contributed by atoms with Crippen LogP contribution in [-0.2, 0) is 6.42 Å². The number of nitrogens with zero attached hydrogens (tertiary/aromatic N) is 2. The van der Waals surface area contributed by atoms with Crippen LogP contribution >= 0.6 is 34.4 Å². The van der Waals surface area contributed by atoms with Crippen LogP contribution in [0.15, 0.2) is 17.5 Å². The highest BCUT2D eigenvalue weighted by Gasteiger charge is 2.15. The van der Waals surface area contributed by atoms with Gasteiger partial charge >= 0.3 is 0 Å². The lowest BCUT2D eigenvalue weighted by atomic mass is 10.1. The second-order valence-corrected chi connectivity index (χ2v) is 6.52. The van der Waals surface area contributed by atoms with Gasteiger partial charge in [0.1, 0.15) is 11.0 Å². The van der Waals surface area contributed by atoms with Gasteiger partial charge in [0.15, 0.2) is 0 Å². The number of rotatable bonds is 1. The molecular weight excluding hydrogens is 268 g/mol. The second kappa shape index (κ2) is 3.48. The molecule has 1 aromatic carbocycles. The van der Waals surface area contributed by atoms with Crippen LogP contribution in [0.5, 0.6) is 0 Å². The first-order valence-corrected chi connectivity index (χ1v) is 7.85. The first kappa shape index (κ1) is 9.94. The van der Waals surface area contributed by atoms with Gasteiger partial charge in [-0.05, 0) is 23.9 Å². The summed E-state index contributed by atoms with van der Waals surface area (Å²) in [4.78, 5) is 1.43. The number of benzene rings is 1. The lowest BCUT2D eigenvalue weighted by Crippen LogP contribution is -1.72. The highest BCUT2D eigenvalue weighted by Crippen LogP contribution is 2.41. The summed E-state index contributed by atoms with van der Waals surface area (Å²) in [7, 11) is 0. The number of hydrogen-bond donors (Lipinski definition) is 0. The Hall–Kier alpha value is -1.04. The average Bonchev–Trinajstić information content (AvgIpc) is 3.06. The van der Waals surface area contributed by atoms with Crippen molar-refractivity contribution in [2.24, 2.45) is 0 Å². The highest BCUT2D eigenvalue weighted by molar-refractivity contribution is 7.26. The fourth-order valence-electron chi connectivity index (χ4n) is 2.17. The summed E-state index contributed by atoms with van der Waals surface area (Å²) >= 11 is 5.02. The molecule has 4 aromatic rings. The normalized spacial score (nSPS) is 12.1. The van der Waals surface area contributed by atoms with Crippen molar-refractivity contribution in [3.8, 4) is 0 Å². The fourth-order valence-corrected chi connectivity index (χ4v) is 4.92. The van der Waals surface area contributed by atoms with Gasteiger partial charge in [-0.3, -0.25) is 0 Å². The first-order chi connectivity index (χ1) is 8.38. The Bertz CT molecular complexity index is 770. The van der Waals surface area contributed by atoms with E-state index in [1.165, 1.54) is 36.8 Å². The third-order valence-corrected chi connectivity index (χ3v) is 5.89. The molecule has 0 aliphatic rings. The van der Waals surface area contributed by atoms with E-state index < -0.39 is 0 Å². The zero-order valence-corrected chi connectivity index (χ0v) is 11.5. The van der Waals surface area contributed by atoms with Gasteiger partial charge in [-0.25, -0.2) is 0 Å². The molecule has 5 heteroatoms. The van der Waals surface area contributed by atoms with Gasteiger partial charge < -0.3 is 0 Å². The number of aromatic nitrogens is 2. The number of fused-ring (bicyclic) bond motifs is 6. The maximum atomic E-state index is 4.47. The minimum atomic E-state index is 1.07. The smallest absolute Gasteiger partial charge is 0.114 e. The van der Waals surface area contributed by atoms with E-state index in [1.807, 2.05) is 11.3 Å². The molecule has 17 heavy (non-hydrogen) atoms. The standard InChI is InChI=1S/C12H8N2S3/c1-2-6-5-8-10-9(13-17-14-10)7-3-4-15-11(7)12(8)16-6/h3-5H,2H2,1H3. The average molecular weight is 276 g/mol. The molecule has 0 radical (unpaired) electrons. The number of aryl methyl sites for hydroxylation is 1. The molecule has 4 rings (SSSR count). The molecule has 0 spiro atoms. The molecule has 0 unspecified atom stereocenters. The van der Waals surface area contributed by atoms with Crippen molar-refractivity contribution in [2.45, 2.75) is 13.3 Å². The van der Waals surface area contributed by atoms with Crippen LogP contribution in [0.25, 0.3) is 31.2 Å². The minimum absolute atomic E-state index is 1.07. The van der Waals surface area contributed by atoms with Crippen LogP contribution in [0, 0.1) is 0 Å². The summed E-state index contributed by atoms with van der Waals surface area (Å²) in [5.41, 5.74) is 2.14. The van der Waals surface area contributed by atoms with Gasteiger partial charge in [0, 0.05) is 15.6 Å². The zero-order valence-electron chi connectivity index (χ0n) is 9.06. The first-order valence-electron chi connectivity index (χ1n) is 5.42. The van der Waals surface area contributed by atoms with E-state index in [-0.39, 0.29) is 0 Å². The van der Waals surface area contributed by atoms with Gasteiger partial charge in [-0.2, -0.15) is 8.75 Å². The number of thiophene rings is 2. The van der Waals surface area contributed by atoms with Crippen molar-refractivity contribution in [1.82, 2.24) is 8.75 Å². The third-order valence-electron chi connectivity index (χ3n) is 3.00. The maximum absolute atomic E-state index is 4.47. The predicted molar refractivity (Wildman–Crippen MR) is 77.6 cm³/mol. The van der Waals surface area contributed by atoms with E-state index in [9.17, 15) is 0 Å². The topological polar surface area (TPSA) is 25.8 Å². The van der Waals surface area contributed by atoms with E-state index in [1.54, 1.807) is 11.3 Å². The largest absolute Gasteiger partial charge is 0.172 e. The lowest BCUT2D eigenvalue weighted by Gasteiger charge is -1.94. The molecule has 0 N–H and O–H groups in total. The molecule has 3 heterocycles. The van der Waals surface area contributed by atoms with Crippen molar-refractivity contribution < 1.29 is 0 Å². The van der Waals surface area contributed by atoms with Crippen LogP contribution < -0.4 is 0 Å². The Balaban J connectivity index is 2.38. The lowest BCUT2D eigenvalue weighted by molar-refractivity contribution is 1.19. The van der Waals surface area contributed by atoms with Crippen molar-refractivity contribution in [2.75, 3.05) is 0 Å². The molecule has 84 valence electrons. The van der Waals surface area contributed by atoms with Gasteiger partial charge in [0.25, 0.3) is 0 Å². The third kappa shape index (κ3) is 1.24. The van der Waals surface area contributed by atoms with Crippen molar-refractivity contribution in [1.29, 1.82) is 0 Å². The van der Waals surface area contributed by atoms with Crippen LogP contribution in [0.1, 0.15) is 11.8 Å². The fraction of sp³-hybridized carbons (Fsp3) is 0.167. The Labute approximate surface area is 110 Å². The summed E-state index contributed by atoms with van der Waals surface area (Å²) in [5.74, 6) is 0. The van der Waals surface area contributed by atoms with Crippen LogP contribution in [0.4, 0.5) is 0 Å². The molecule has 0 saturated carbocycles. The quantitative estimate of drug-likeness (QED) is 0.504. The van der Waals surface area contributed by atoms with Crippen molar-refractivity contribution in [3.05, 3.63) is 22.4 Å². The second-order valence-electron chi connectivity index (χ2n) is 3.93. The summed E-state index contributed by atoms with van der Waals surface area (Å²) in [5, 5.41) is 4.69. The van der Waals surface area contributed by atoms with Gasteiger partial charge in [-0.1, -0.05) is 6.92 Å². The molecule has 0 saturated heterocycles. The highest BCUT2D eigenvalue weighted by atomic mass is 32.1. The van der Waals surface area contributed by atoms with E-state index >= 15 is 0 Å². The Morgan fingerprint density at radius 3 is 2.76 bits per heavy atom. The molecule has 0 fully saturated rings. The van der Waals surface area contributed by atoms with E-state index in [2.05, 4.69) is 33.2 Å². The van der Waals surface area contributed by atoms with E-state index in [0.717, 1.165) is 17.5 Å². The van der Waals surface area contributed by atoms with Crippen molar-refractivity contribution in [3.63, 3.8) is 0 Å². The van der Waals surface area contributed by atoms with Crippen LogP contribution in [0.3, 0.4) is 0 Å². The summed E-state index contributed by atoms with van der Waals surface area (Å²) in [6.45, 7) is 2.20. The summed E-state index contributed by atoms with van der Waals surface area (Å²) < 4.78 is 11.7. The maximum Gasteiger partial charge on any atom is 0.114 e. The van der Waals surface area contributed by atoms with Crippen molar-refractivity contribution >= 4 is 65.6 Å². The van der Waals surface area contributed by atoms with Gasteiger partial charge in [0.2, 0.25) is 0 Å². The zero-order chi connectivity index (χ0) is 11.4. The van der Waals surface area contributed by atoms with Crippen LogP contribution in [0.2, 0.25) is 0 Å². The number of hydrogen-bond acceptors (Lipinski definition) is 5. The predicted octanol–water partition coefficient (Wildman–Crippen LogP) is 4.68. The molecule has 0 aliphatic heterocycles. The summed E-state index contributed by atoms with van der Waals surface area (Å²) in [6.07, 6.45) is 1.09. The Morgan fingerprint density at radius 2 is 1.94 bits per heavy atom. The molecule has 0 bridgehead atoms. The monoisotopic (exact) mass is 276 g/mol. The molecule has 3 aromatic heterocycles. The molecular formula is C12H8N2S3. The Morgan fingerprint density at radius 1 is 1.12 bits per heavy atom. The molecule has 2 nitrogen and oxygen atoms in total. The van der Waals surface area contributed by atoms with Gasteiger partial charge in [-0.15, -0.1) is 22.7 Å². The summed E-state index contributed by atoms with van der Waals surface area (Å²) in [6, 6.07) is 4.44. The molecule has 0 amide bonds. The Kier molecular flexibility index (Phi) is 2.03. The SMILES string of the molecule is CCc1cc2c3nsnc3c3ccsc3c2s1. The van der Waals surface area contributed by atoms with Gasteiger partial charge in [0.05, 0.1) is 21.1 Å². The minimum Gasteiger partial charge on any atom is -0.172 e. The molecule has 0 atom stereocenters. The molecule has 0 aliphatic carbocycles. The van der Waals surface area contributed by atoms with E-state index in [4.69, 9.17) is 0 Å². The van der Waals surface area contributed by atoms with Crippen LogP contribution in [-0.4, -0.2) is 8.75 Å².